The van der Waals surface area contributed by atoms with Gasteiger partial charge < -0.3 is 14.9 Å². The number of nitrogens with two attached hydrogens (primary N) is 1. The number of hydrogen-bond acceptors (Lipinski definition) is 5. The van der Waals surface area contributed by atoms with Gasteiger partial charge in [0.15, 0.2) is 11.1 Å². The van der Waals surface area contributed by atoms with Gasteiger partial charge in [0.1, 0.15) is 29.4 Å². The van der Waals surface area contributed by atoms with Gasteiger partial charge in [-0.3, -0.25) is 4.99 Å². The number of nitrogens with zero attached hydrogens (tertiary/aromatic N) is 2. The van der Waals surface area contributed by atoms with Gasteiger partial charge in [-0.05, 0) is 51.1 Å². The molecule has 0 saturated carbocycles. The molecule has 1 atom stereocenters. The summed E-state index contributed by atoms with van der Waals surface area (Å²) in [6, 6.07) is 8.65. The molecule has 1 aliphatic rings. The number of fused-ring (bicyclic) bond motifs is 1. The van der Waals surface area contributed by atoms with Gasteiger partial charge in [0, 0.05) is 22.2 Å². The van der Waals surface area contributed by atoms with Crippen LogP contribution in [0.15, 0.2) is 45.8 Å². The van der Waals surface area contributed by atoms with Crippen molar-refractivity contribution in [3.05, 3.63) is 52.8 Å². The molecular formula is C21H19ClF3N3O2. The molecule has 5 nitrogen and oxygen atoms in total. The van der Waals surface area contributed by atoms with Crippen molar-refractivity contribution in [2.45, 2.75) is 37.8 Å². The number of oxazole rings is 1. The van der Waals surface area contributed by atoms with E-state index < -0.39 is 22.9 Å². The third-order valence-corrected chi connectivity index (χ3v) is 5.64. The molecule has 0 amide bonds. The maximum absolute atomic E-state index is 15.6. The molecule has 2 heterocycles. The largest absolute Gasteiger partial charge is 0.436 e. The quantitative estimate of drug-likeness (QED) is 0.590. The van der Waals surface area contributed by atoms with Gasteiger partial charge in [-0.2, -0.15) is 0 Å². The van der Waals surface area contributed by atoms with Crippen molar-refractivity contribution in [3.63, 3.8) is 0 Å². The Labute approximate surface area is 175 Å². The Morgan fingerprint density at radius 3 is 2.57 bits per heavy atom. The lowest BCUT2D eigenvalue weighted by atomic mass is 9.77. The van der Waals surface area contributed by atoms with Crippen LogP contribution in [0.3, 0.4) is 0 Å². The highest BCUT2D eigenvalue weighted by molar-refractivity contribution is 6.31. The standard InChI is InChI=1S/C21H19ClF3N3O2/c1-19(2)21(24,25)20(3,28-17(26)10-29-19)13-8-11(4-6-14(13)23)18-27-15-7-5-12(22)9-16(15)30-18/h4-9H,10H2,1-3H3,(H2,26,28)/t20-/m1/s1. The number of alkyl halides is 2. The number of rotatable bonds is 2. The summed E-state index contributed by atoms with van der Waals surface area (Å²) in [5.74, 6) is -4.45. The zero-order chi connectivity index (χ0) is 21.9. The topological polar surface area (TPSA) is 73.6 Å². The Morgan fingerprint density at radius 1 is 1.10 bits per heavy atom. The van der Waals surface area contributed by atoms with E-state index in [9.17, 15) is 4.39 Å². The number of aliphatic imine (C=N–C) groups is 1. The SMILES string of the molecule is CC1(C)OCC(N)=N[C@](C)(c2cc(-c3nc4ccc(Cl)cc4o3)ccc2F)C1(F)F. The molecule has 2 N–H and O–H groups in total. The average Bonchev–Trinajstić information content (AvgIpc) is 3.07. The number of aromatic nitrogens is 1. The molecule has 4 rings (SSSR count). The first-order valence-corrected chi connectivity index (χ1v) is 9.55. The molecule has 0 aliphatic carbocycles. The van der Waals surface area contributed by atoms with E-state index in [0.29, 0.717) is 21.7 Å². The highest BCUT2D eigenvalue weighted by Crippen LogP contribution is 2.51. The van der Waals surface area contributed by atoms with Crippen LogP contribution in [0.5, 0.6) is 0 Å². The van der Waals surface area contributed by atoms with Crippen molar-refractivity contribution in [2.75, 3.05) is 6.61 Å². The molecule has 0 fully saturated rings. The lowest BCUT2D eigenvalue weighted by molar-refractivity contribution is -0.214. The predicted octanol–water partition coefficient (Wildman–Crippen LogP) is 5.30. The first-order chi connectivity index (χ1) is 13.9. The van der Waals surface area contributed by atoms with E-state index in [1.54, 1.807) is 18.2 Å². The molecule has 158 valence electrons. The minimum atomic E-state index is -3.59. The van der Waals surface area contributed by atoms with Gasteiger partial charge in [0.05, 0.1) is 0 Å². The molecule has 0 saturated heterocycles. The Kier molecular flexibility index (Phi) is 4.63. The van der Waals surface area contributed by atoms with Crippen molar-refractivity contribution in [3.8, 4) is 11.5 Å². The summed E-state index contributed by atoms with van der Waals surface area (Å²) in [6.07, 6.45) is 0. The second-order valence-corrected chi connectivity index (χ2v) is 8.31. The van der Waals surface area contributed by atoms with Crippen LogP contribution in [-0.2, 0) is 10.3 Å². The summed E-state index contributed by atoms with van der Waals surface area (Å²) in [7, 11) is 0. The average molecular weight is 438 g/mol. The molecule has 2 aromatic carbocycles. The predicted molar refractivity (Wildman–Crippen MR) is 108 cm³/mol. The lowest BCUT2D eigenvalue weighted by Gasteiger charge is -2.42. The second-order valence-electron chi connectivity index (χ2n) is 7.87. The van der Waals surface area contributed by atoms with Crippen LogP contribution < -0.4 is 5.73 Å². The summed E-state index contributed by atoms with van der Waals surface area (Å²) >= 11 is 5.97. The number of amidine groups is 1. The van der Waals surface area contributed by atoms with Crippen LogP contribution in [-0.4, -0.2) is 29.0 Å². The zero-order valence-corrected chi connectivity index (χ0v) is 17.2. The van der Waals surface area contributed by atoms with Gasteiger partial charge in [-0.1, -0.05) is 11.6 Å². The van der Waals surface area contributed by atoms with Crippen LogP contribution >= 0.6 is 11.6 Å². The van der Waals surface area contributed by atoms with E-state index in [2.05, 4.69) is 9.98 Å². The van der Waals surface area contributed by atoms with E-state index in [1.165, 1.54) is 26.0 Å². The van der Waals surface area contributed by atoms with E-state index in [1.807, 2.05) is 0 Å². The lowest BCUT2D eigenvalue weighted by Crippen LogP contribution is -2.56. The number of halogens is 4. The Bertz CT molecular complexity index is 1180. The maximum atomic E-state index is 15.6. The molecule has 0 spiro atoms. The Balaban J connectivity index is 1.91. The van der Waals surface area contributed by atoms with Crippen LogP contribution in [0.4, 0.5) is 13.2 Å². The minimum Gasteiger partial charge on any atom is -0.436 e. The minimum absolute atomic E-state index is 0.140. The second kappa shape index (κ2) is 6.72. The fourth-order valence-corrected chi connectivity index (χ4v) is 3.77. The first kappa shape index (κ1) is 20.7. The summed E-state index contributed by atoms with van der Waals surface area (Å²) in [4.78, 5) is 8.33. The molecule has 1 aliphatic heterocycles. The molecule has 9 heteroatoms. The molecule has 30 heavy (non-hydrogen) atoms. The normalized spacial score (nSPS) is 23.2. The Hall–Kier alpha value is -2.58. The van der Waals surface area contributed by atoms with Crippen molar-refractivity contribution < 1.29 is 22.3 Å². The zero-order valence-electron chi connectivity index (χ0n) is 16.5. The monoisotopic (exact) mass is 437 g/mol. The summed E-state index contributed by atoms with van der Waals surface area (Å²) < 4.78 is 57.0. The Morgan fingerprint density at radius 2 is 1.83 bits per heavy atom. The van der Waals surface area contributed by atoms with Gasteiger partial charge in [0.2, 0.25) is 5.89 Å². The summed E-state index contributed by atoms with van der Waals surface area (Å²) in [6.45, 7) is 3.31. The van der Waals surface area contributed by atoms with Crippen LogP contribution in [0.1, 0.15) is 26.3 Å². The van der Waals surface area contributed by atoms with Crippen molar-refractivity contribution >= 4 is 28.5 Å². The molecule has 0 radical (unpaired) electrons. The fraction of sp³-hybridized carbons (Fsp3) is 0.333. The summed E-state index contributed by atoms with van der Waals surface area (Å²) in [5, 5.41) is 0.461. The third kappa shape index (κ3) is 3.06. The first-order valence-electron chi connectivity index (χ1n) is 9.17. The van der Waals surface area contributed by atoms with Crippen LogP contribution in [0, 0.1) is 5.82 Å². The molecule has 1 aromatic heterocycles. The van der Waals surface area contributed by atoms with E-state index in [0.717, 1.165) is 13.0 Å². The van der Waals surface area contributed by atoms with Gasteiger partial charge in [-0.15, -0.1) is 0 Å². The fourth-order valence-electron chi connectivity index (χ4n) is 3.60. The number of ether oxygens (including phenoxy) is 1. The van der Waals surface area contributed by atoms with Crippen molar-refractivity contribution in [1.29, 1.82) is 0 Å². The smallest absolute Gasteiger partial charge is 0.304 e. The van der Waals surface area contributed by atoms with Gasteiger partial charge in [0.25, 0.3) is 0 Å². The van der Waals surface area contributed by atoms with E-state index in [4.69, 9.17) is 26.5 Å². The van der Waals surface area contributed by atoms with Gasteiger partial charge >= 0.3 is 5.92 Å². The highest BCUT2D eigenvalue weighted by Gasteiger charge is 2.63. The molecular weight excluding hydrogens is 419 g/mol. The third-order valence-electron chi connectivity index (χ3n) is 5.40. The van der Waals surface area contributed by atoms with E-state index >= 15 is 8.78 Å². The molecule has 0 bridgehead atoms. The van der Waals surface area contributed by atoms with Crippen molar-refractivity contribution in [1.82, 2.24) is 4.98 Å². The molecule has 3 aromatic rings. The number of hydrogen-bond donors (Lipinski definition) is 1. The van der Waals surface area contributed by atoms with Gasteiger partial charge in [-0.25, -0.2) is 18.2 Å². The van der Waals surface area contributed by atoms with Crippen LogP contribution in [0.25, 0.3) is 22.6 Å². The van der Waals surface area contributed by atoms with Crippen LogP contribution in [0.2, 0.25) is 5.02 Å². The number of benzene rings is 2. The van der Waals surface area contributed by atoms with E-state index in [-0.39, 0.29) is 23.9 Å². The summed E-state index contributed by atoms with van der Waals surface area (Å²) in [5.41, 5.74) is 2.45. The van der Waals surface area contributed by atoms with Crippen molar-refractivity contribution in [2.24, 2.45) is 10.7 Å². The maximum Gasteiger partial charge on any atom is 0.304 e. The highest BCUT2D eigenvalue weighted by atomic mass is 35.5. The molecule has 0 unspecified atom stereocenters.